The van der Waals surface area contributed by atoms with Crippen LogP contribution in [0.25, 0.3) is 0 Å². The van der Waals surface area contributed by atoms with E-state index >= 15 is 0 Å². The summed E-state index contributed by atoms with van der Waals surface area (Å²) in [5, 5.41) is 0.995. The zero-order valence-electron chi connectivity index (χ0n) is 6.32. The lowest BCUT2D eigenvalue weighted by atomic mass is 10.3. The summed E-state index contributed by atoms with van der Waals surface area (Å²) in [6, 6.07) is 0. The first-order valence-corrected chi connectivity index (χ1v) is 5.32. The minimum atomic E-state index is -3.06. The Morgan fingerprint density at radius 3 is 2.82 bits per heavy atom. The molecule has 0 aromatic carbocycles. The van der Waals surface area contributed by atoms with E-state index in [-0.39, 0.29) is 11.9 Å². The first-order chi connectivity index (χ1) is 5.14. The number of hydrogen-bond acceptors (Lipinski definition) is 3. The predicted octanol–water partition coefficient (Wildman–Crippen LogP) is 0.724. The van der Waals surface area contributed by atoms with Crippen molar-refractivity contribution in [3.63, 3.8) is 0 Å². The third-order valence-corrected chi connectivity index (χ3v) is 3.04. The van der Waals surface area contributed by atoms with E-state index in [1.807, 2.05) is 0 Å². The molecule has 1 saturated heterocycles. The van der Waals surface area contributed by atoms with Gasteiger partial charge in [0, 0.05) is 12.0 Å². The van der Waals surface area contributed by atoms with E-state index in [1.54, 1.807) is 0 Å². The van der Waals surface area contributed by atoms with Crippen LogP contribution in [-0.4, -0.2) is 26.9 Å². The predicted molar refractivity (Wildman–Crippen MR) is 43.0 cm³/mol. The molecule has 0 N–H and O–H groups in total. The monoisotopic (exact) mass is 176 g/mol. The third kappa shape index (κ3) is 2.63. The average molecular weight is 176 g/mol. The van der Waals surface area contributed by atoms with Gasteiger partial charge in [-0.05, 0) is 12.8 Å². The molecular weight excluding hydrogens is 164 g/mol. The van der Waals surface area contributed by atoms with E-state index in [2.05, 4.69) is 6.58 Å². The smallest absolute Gasteiger partial charge is 0.173 e. The minimum Gasteiger partial charge on any atom is -0.377 e. The van der Waals surface area contributed by atoms with Crippen molar-refractivity contribution < 1.29 is 13.2 Å². The van der Waals surface area contributed by atoms with Crippen molar-refractivity contribution in [1.29, 1.82) is 0 Å². The maximum Gasteiger partial charge on any atom is 0.173 e. The molecule has 3 nitrogen and oxygen atoms in total. The first kappa shape index (κ1) is 8.74. The van der Waals surface area contributed by atoms with E-state index in [0.717, 1.165) is 18.2 Å². The molecular formula is C7H12O3S. The van der Waals surface area contributed by atoms with Gasteiger partial charge in [-0.25, -0.2) is 8.42 Å². The number of sulfone groups is 1. The molecule has 1 heterocycles. The fourth-order valence-electron chi connectivity index (χ4n) is 1.10. The van der Waals surface area contributed by atoms with E-state index in [0.29, 0.717) is 6.61 Å². The highest BCUT2D eigenvalue weighted by molar-refractivity contribution is 7.94. The molecule has 0 amide bonds. The Kier molecular flexibility index (Phi) is 2.67. The van der Waals surface area contributed by atoms with Gasteiger partial charge >= 0.3 is 0 Å². The first-order valence-electron chi connectivity index (χ1n) is 3.61. The Hall–Kier alpha value is -0.350. The summed E-state index contributed by atoms with van der Waals surface area (Å²) in [6.45, 7) is 3.92. The third-order valence-electron chi connectivity index (χ3n) is 1.70. The van der Waals surface area contributed by atoms with Gasteiger partial charge in [0.05, 0.1) is 11.9 Å². The zero-order chi connectivity index (χ0) is 8.32. The van der Waals surface area contributed by atoms with Crippen LogP contribution in [0.1, 0.15) is 12.8 Å². The van der Waals surface area contributed by atoms with Gasteiger partial charge in [-0.3, -0.25) is 0 Å². The lowest BCUT2D eigenvalue weighted by molar-refractivity contribution is 0.127. The molecule has 1 unspecified atom stereocenters. The van der Waals surface area contributed by atoms with E-state index < -0.39 is 9.84 Å². The van der Waals surface area contributed by atoms with Crippen molar-refractivity contribution >= 4 is 9.84 Å². The van der Waals surface area contributed by atoms with Crippen LogP contribution in [0, 0.1) is 0 Å². The van der Waals surface area contributed by atoms with Gasteiger partial charge in [0.25, 0.3) is 0 Å². The molecule has 64 valence electrons. The van der Waals surface area contributed by atoms with Crippen molar-refractivity contribution in [1.82, 2.24) is 0 Å². The Morgan fingerprint density at radius 1 is 1.64 bits per heavy atom. The fraction of sp³-hybridized carbons (Fsp3) is 0.714. The van der Waals surface area contributed by atoms with Gasteiger partial charge in [0.1, 0.15) is 0 Å². The molecule has 1 aliphatic rings. The van der Waals surface area contributed by atoms with Gasteiger partial charge in [0.15, 0.2) is 9.84 Å². The normalized spacial score (nSPS) is 25.3. The van der Waals surface area contributed by atoms with E-state index in [9.17, 15) is 8.42 Å². The number of rotatable bonds is 3. The van der Waals surface area contributed by atoms with Gasteiger partial charge in [0.2, 0.25) is 0 Å². The van der Waals surface area contributed by atoms with Crippen LogP contribution < -0.4 is 0 Å². The minimum absolute atomic E-state index is 0.0938. The maximum atomic E-state index is 11.0. The molecule has 0 spiro atoms. The molecule has 1 rings (SSSR count). The average Bonchev–Trinajstić information content (AvgIpc) is 2.39. The highest BCUT2D eigenvalue weighted by Gasteiger charge is 2.20. The number of ether oxygens (including phenoxy) is 1. The highest BCUT2D eigenvalue weighted by Crippen LogP contribution is 2.14. The molecule has 0 aromatic heterocycles. The second-order valence-corrected chi connectivity index (χ2v) is 4.62. The van der Waals surface area contributed by atoms with Crippen molar-refractivity contribution in [3.8, 4) is 0 Å². The lowest BCUT2D eigenvalue weighted by Crippen LogP contribution is -2.17. The van der Waals surface area contributed by atoms with E-state index in [4.69, 9.17) is 4.74 Å². The van der Waals surface area contributed by atoms with Crippen molar-refractivity contribution in [2.75, 3.05) is 12.4 Å². The molecule has 1 aliphatic heterocycles. The Bertz CT molecular complexity index is 224. The zero-order valence-corrected chi connectivity index (χ0v) is 7.14. The summed E-state index contributed by atoms with van der Waals surface area (Å²) < 4.78 is 27.1. The lowest BCUT2D eigenvalue weighted by Gasteiger charge is -2.06. The van der Waals surface area contributed by atoms with Gasteiger partial charge in [-0.15, -0.1) is 0 Å². The van der Waals surface area contributed by atoms with Gasteiger partial charge in [-0.2, -0.15) is 0 Å². The van der Waals surface area contributed by atoms with Crippen LogP contribution >= 0.6 is 0 Å². The maximum absolute atomic E-state index is 11.0. The second-order valence-electron chi connectivity index (χ2n) is 2.63. The van der Waals surface area contributed by atoms with Crippen LogP contribution in [0.4, 0.5) is 0 Å². The van der Waals surface area contributed by atoms with Crippen LogP contribution in [-0.2, 0) is 14.6 Å². The molecule has 0 aromatic rings. The molecule has 0 aliphatic carbocycles. The molecule has 11 heavy (non-hydrogen) atoms. The molecule has 0 radical (unpaired) electrons. The second kappa shape index (κ2) is 3.36. The standard InChI is InChI=1S/C7H12O3S/c1-2-11(8,9)6-7-4-3-5-10-7/h2,7H,1,3-6H2. The van der Waals surface area contributed by atoms with Crippen LogP contribution in [0.5, 0.6) is 0 Å². The summed E-state index contributed by atoms with van der Waals surface area (Å²) in [4.78, 5) is 0. The molecule has 0 bridgehead atoms. The summed E-state index contributed by atoms with van der Waals surface area (Å²) in [5.41, 5.74) is 0. The molecule has 1 fully saturated rings. The summed E-state index contributed by atoms with van der Waals surface area (Å²) in [7, 11) is -3.06. The summed E-state index contributed by atoms with van der Waals surface area (Å²) >= 11 is 0. The largest absolute Gasteiger partial charge is 0.377 e. The topological polar surface area (TPSA) is 43.4 Å². The van der Waals surface area contributed by atoms with Gasteiger partial charge in [-0.1, -0.05) is 6.58 Å². The number of hydrogen-bond donors (Lipinski definition) is 0. The quantitative estimate of drug-likeness (QED) is 0.636. The SMILES string of the molecule is C=CS(=O)(=O)CC1CCCO1. The van der Waals surface area contributed by atoms with Crippen molar-refractivity contribution in [3.05, 3.63) is 12.0 Å². The van der Waals surface area contributed by atoms with E-state index in [1.165, 1.54) is 0 Å². The van der Waals surface area contributed by atoms with Gasteiger partial charge < -0.3 is 4.74 Å². The summed E-state index contributed by atoms with van der Waals surface area (Å²) in [5.74, 6) is 0.0938. The Labute approximate surface area is 67.0 Å². The van der Waals surface area contributed by atoms with Crippen LogP contribution in [0.2, 0.25) is 0 Å². The molecule has 4 heteroatoms. The van der Waals surface area contributed by atoms with Crippen LogP contribution in [0.3, 0.4) is 0 Å². The molecule has 1 atom stereocenters. The van der Waals surface area contributed by atoms with Crippen molar-refractivity contribution in [2.24, 2.45) is 0 Å². The highest BCUT2D eigenvalue weighted by atomic mass is 32.2. The Balaban J connectivity index is 2.47. The van der Waals surface area contributed by atoms with Crippen LogP contribution in [0.15, 0.2) is 12.0 Å². The fourth-order valence-corrected chi connectivity index (χ4v) is 2.02. The summed E-state index contributed by atoms with van der Waals surface area (Å²) in [6.07, 6.45) is 1.72. The Morgan fingerprint density at radius 2 is 2.36 bits per heavy atom. The molecule has 0 saturated carbocycles. The van der Waals surface area contributed by atoms with Crippen molar-refractivity contribution in [2.45, 2.75) is 18.9 Å².